The van der Waals surface area contributed by atoms with Gasteiger partial charge in [-0.25, -0.2) is 0 Å². The van der Waals surface area contributed by atoms with Crippen LogP contribution in [0.15, 0.2) is 0 Å². The van der Waals surface area contributed by atoms with E-state index in [2.05, 4.69) is 41.5 Å². The molecule has 0 rings (SSSR count). The molecule has 0 heterocycles. The van der Waals surface area contributed by atoms with Crippen molar-refractivity contribution in [3.63, 3.8) is 0 Å². The van der Waals surface area contributed by atoms with E-state index in [-0.39, 0.29) is 0 Å². The van der Waals surface area contributed by atoms with Crippen molar-refractivity contribution < 1.29 is 0 Å². The van der Waals surface area contributed by atoms with Gasteiger partial charge in [0.15, 0.2) is 0 Å². The van der Waals surface area contributed by atoms with Gasteiger partial charge in [-0.15, -0.1) is 0 Å². The van der Waals surface area contributed by atoms with E-state index >= 15 is 0 Å². The molecular weight excluding hydrogens is 227 g/mol. The monoisotopic (exact) mass is 247 g/mol. The van der Waals surface area contributed by atoms with E-state index in [0.717, 1.165) is 5.92 Å². The molecule has 0 amide bonds. The van der Waals surface area contributed by atoms with Crippen molar-refractivity contribution in [2.75, 3.05) is 0 Å². The molecule has 0 aliphatic heterocycles. The van der Waals surface area contributed by atoms with Crippen LogP contribution in [0.5, 0.6) is 0 Å². The van der Waals surface area contributed by atoms with E-state index in [4.69, 9.17) is 0 Å². The van der Waals surface area contributed by atoms with Gasteiger partial charge in [0.25, 0.3) is 0 Å². The van der Waals surface area contributed by atoms with Gasteiger partial charge in [-0.1, -0.05) is 0 Å². The molecule has 0 nitrogen and oxygen atoms in total. The molecule has 0 fully saturated rings. The molecule has 0 bridgehead atoms. The van der Waals surface area contributed by atoms with Gasteiger partial charge < -0.3 is 0 Å². The first-order chi connectivity index (χ1) is 4.19. The Kier molecular flexibility index (Phi) is 3.28. The van der Waals surface area contributed by atoms with E-state index in [9.17, 15) is 0 Å². The van der Waals surface area contributed by atoms with Crippen molar-refractivity contribution in [1.82, 2.24) is 0 Å². The van der Waals surface area contributed by atoms with E-state index in [0.29, 0.717) is 8.85 Å². The molecule has 0 N–H and O–H groups in total. The Hall–Kier alpha value is 0.799. The molecular formula is C9H19Sn+. The van der Waals surface area contributed by atoms with E-state index in [1.165, 1.54) is 0 Å². The average Bonchev–Trinajstić information content (AvgIpc) is 1.62. The zero-order chi connectivity index (χ0) is 8.58. The van der Waals surface area contributed by atoms with Gasteiger partial charge in [0.2, 0.25) is 0 Å². The summed E-state index contributed by atoms with van der Waals surface area (Å²) >= 11 is 1.65. The fraction of sp³-hybridized carbons (Fsp3) is 1.00. The summed E-state index contributed by atoms with van der Waals surface area (Å²) in [5.74, 6) is 0.779. The van der Waals surface area contributed by atoms with Gasteiger partial charge in [0.1, 0.15) is 0 Å². The molecule has 0 aliphatic carbocycles. The minimum atomic E-state index is 0.477. The van der Waals surface area contributed by atoms with Crippen molar-refractivity contribution in [2.45, 2.75) is 45.0 Å². The van der Waals surface area contributed by atoms with Gasteiger partial charge in [-0.05, 0) is 0 Å². The van der Waals surface area contributed by atoms with Crippen molar-refractivity contribution in [2.24, 2.45) is 11.3 Å². The zero-order valence-corrected chi connectivity index (χ0v) is 10.9. The van der Waals surface area contributed by atoms with Crippen LogP contribution in [0.1, 0.15) is 41.5 Å². The maximum atomic E-state index is 2.37. The molecule has 1 heteroatoms. The summed E-state index contributed by atoms with van der Waals surface area (Å²) < 4.78 is 0.508. The molecule has 10 heavy (non-hydrogen) atoms. The van der Waals surface area contributed by atoms with Crippen LogP contribution in [-0.4, -0.2) is 22.5 Å². The Balaban J connectivity index is 4.40. The summed E-state index contributed by atoms with van der Waals surface area (Å²) in [6, 6.07) is 0. The van der Waals surface area contributed by atoms with Gasteiger partial charge >= 0.3 is 78.8 Å². The molecule has 0 aromatic carbocycles. The molecule has 0 saturated carbocycles. The molecule has 2 radical (unpaired) electrons. The Morgan fingerprint density at radius 3 is 1.30 bits per heavy atom. The molecule has 58 valence electrons. The van der Waals surface area contributed by atoms with Crippen LogP contribution in [-0.2, 0) is 0 Å². The molecule has 0 saturated heterocycles. The minimum absolute atomic E-state index is 0.477. The second-order valence-corrected chi connectivity index (χ2v) is 8.07. The third kappa shape index (κ3) is 2.14. The first-order valence-corrected chi connectivity index (χ1v) is 5.37. The van der Waals surface area contributed by atoms with Crippen LogP contribution in [0.2, 0.25) is 3.43 Å². The van der Waals surface area contributed by atoms with E-state index in [1.54, 1.807) is 22.5 Å². The number of hydrogen-bond donors (Lipinski definition) is 0. The summed E-state index contributed by atoms with van der Waals surface area (Å²) in [5, 5.41) is 0. The molecule has 0 spiro atoms. The molecule has 0 aromatic heterocycles. The van der Waals surface area contributed by atoms with Crippen molar-refractivity contribution in [3.05, 3.63) is 0 Å². The predicted octanol–water partition coefficient (Wildman–Crippen LogP) is 3.04. The Labute approximate surface area is 78.9 Å². The van der Waals surface area contributed by atoms with Crippen molar-refractivity contribution in [3.8, 4) is 0 Å². The molecule has 0 aromatic rings. The van der Waals surface area contributed by atoms with Crippen LogP contribution in [0.4, 0.5) is 0 Å². The molecule has 0 aliphatic rings. The third-order valence-electron chi connectivity index (χ3n) is 3.05. The normalized spacial score (nSPS) is 14.3. The van der Waals surface area contributed by atoms with Crippen LogP contribution in [0.3, 0.4) is 0 Å². The topological polar surface area (TPSA) is 0 Å². The molecule has 0 unspecified atom stereocenters. The number of rotatable bonds is 2. The Morgan fingerprint density at radius 2 is 1.30 bits per heavy atom. The van der Waals surface area contributed by atoms with Crippen LogP contribution < -0.4 is 0 Å². The summed E-state index contributed by atoms with van der Waals surface area (Å²) in [6.07, 6.45) is 0. The Morgan fingerprint density at radius 1 is 1.00 bits per heavy atom. The average molecular weight is 246 g/mol. The zero-order valence-electron chi connectivity index (χ0n) is 8.08. The van der Waals surface area contributed by atoms with Crippen LogP contribution in [0.25, 0.3) is 0 Å². The van der Waals surface area contributed by atoms with Crippen molar-refractivity contribution >= 4 is 22.5 Å². The fourth-order valence-electron chi connectivity index (χ4n) is 0.722. The summed E-state index contributed by atoms with van der Waals surface area (Å²) in [4.78, 5) is 0. The fourth-order valence-corrected chi connectivity index (χ4v) is 1.55. The van der Waals surface area contributed by atoms with Crippen LogP contribution >= 0.6 is 0 Å². The van der Waals surface area contributed by atoms with Gasteiger partial charge in [0.05, 0.1) is 0 Å². The second kappa shape index (κ2) is 3.04. The van der Waals surface area contributed by atoms with E-state index < -0.39 is 0 Å². The maximum absolute atomic E-state index is 2.37. The van der Waals surface area contributed by atoms with E-state index in [1.807, 2.05) is 0 Å². The van der Waals surface area contributed by atoms with Gasteiger partial charge in [-0.2, -0.15) is 0 Å². The summed E-state index contributed by atoms with van der Waals surface area (Å²) in [5.41, 5.74) is 0.477. The quantitative estimate of drug-likeness (QED) is 0.657. The first kappa shape index (κ1) is 10.8. The third-order valence-corrected chi connectivity index (χ3v) is 4.89. The molecule has 0 atom stereocenters. The summed E-state index contributed by atoms with van der Waals surface area (Å²) in [6.45, 7) is 14.1. The second-order valence-electron chi connectivity index (χ2n) is 4.50. The van der Waals surface area contributed by atoms with Crippen LogP contribution in [0, 0.1) is 11.3 Å². The summed E-state index contributed by atoms with van der Waals surface area (Å²) in [7, 11) is 0. The standard InChI is InChI=1S/C9H19.Sn/c1-7(2)9(5,6)8(3)4;/h7H,1-6H3;/q;+1. The SMILES string of the molecule is CC(C)C(C)(C)[C](C)(C)[Sn+]. The Bertz CT molecular complexity index is 106. The predicted molar refractivity (Wildman–Crippen MR) is 48.4 cm³/mol. The van der Waals surface area contributed by atoms with Gasteiger partial charge in [0, 0.05) is 0 Å². The first-order valence-electron chi connectivity index (χ1n) is 3.94. The van der Waals surface area contributed by atoms with Gasteiger partial charge in [-0.3, -0.25) is 0 Å². The van der Waals surface area contributed by atoms with Crippen molar-refractivity contribution in [1.29, 1.82) is 0 Å². The number of hydrogen-bond acceptors (Lipinski definition) is 0.